The lowest BCUT2D eigenvalue weighted by molar-refractivity contribution is 0.0748. The van der Waals surface area contributed by atoms with Crippen LogP contribution in [0.25, 0.3) is 10.9 Å². The van der Waals surface area contributed by atoms with Crippen molar-refractivity contribution in [2.45, 2.75) is 123 Å². The molecule has 2 heterocycles. The lowest BCUT2D eigenvalue weighted by Gasteiger charge is -2.36. The molecule has 0 aliphatic carbocycles. The van der Waals surface area contributed by atoms with Crippen LogP contribution in [0.4, 0.5) is 10.5 Å². The number of piperazine rings is 1. The maximum absolute atomic E-state index is 13.4. The number of aromatic nitrogens is 1. The Hall–Kier alpha value is -2.94. The SMILES string of the molecule is CCCCCCCCCN(CCCCCCCCC)C(=O)OCn1c(=O)ccc2ccc(OCCCCN3CCN(c4cccc(Cl)c4Cl)CC3)cc21. The Morgan fingerprint density at radius 3 is 2.02 bits per heavy atom. The van der Waals surface area contributed by atoms with Crippen molar-refractivity contribution in [1.29, 1.82) is 0 Å². The molecule has 0 bridgehead atoms. The van der Waals surface area contributed by atoms with Crippen LogP contribution in [0.5, 0.6) is 5.75 Å². The van der Waals surface area contributed by atoms with E-state index in [1.54, 1.807) is 0 Å². The maximum atomic E-state index is 13.4. The van der Waals surface area contributed by atoms with Crippen LogP contribution in [-0.2, 0) is 11.5 Å². The summed E-state index contributed by atoms with van der Waals surface area (Å²) in [5.41, 5.74) is 1.50. The number of rotatable bonds is 25. The van der Waals surface area contributed by atoms with Gasteiger partial charge in [0.25, 0.3) is 5.56 Å². The Kier molecular flexibility index (Phi) is 19.8. The molecule has 53 heavy (non-hydrogen) atoms. The first kappa shape index (κ1) is 42.8. The van der Waals surface area contributed by atoms with E-state index in [1.807, 2.05) is 47.4 Å². The molecule has 4 rings (SSSR count). The number of carbonyl (C=O) groups excluding carboxylic acids is 1. The van der Waals surface area contributed by atoms with Gasteiger partial charge in [0.05, 0.1) is 27.9 Å². The smallest absolute Gasteiger partial charge is 0.411 e. The van der Waals surface area contributed by atoms with Crippen LogP contribution in [0, 0.1) is 0 Å². The molecule has 0 spiro atoms. The van der Waals surface area contributed by atoms with Crippen molar-refractivity contribution in [2.24, 2.45) is 0 Å². The molecule has 294 valence electrons. The average Bonchev–Trinajstić information content (AvgIpc) is 3.17. The zero-order chi connectivity index (χ0) is 37.7. The molecule has 10 heteroatoms. The van der Waals surface area contributed by atoms with Gasteiger partial charge >= 0.3 is 6.09 Å². The van der Waals surface area contributed by atoms with E-state index in [9.17, 15) is 9.59 Å². The third kappa shape index (κ3) is 14.7. The van der Waals surface area contributed by atoms with E-state index >= 15 is 0 Å². The number of hydrogen-bond donors (Lipinski definition) is 0. The number of carbonyl (C=O) groups is 1. The third-order valence-electron chi connectivity index (χ3n) is 10.4. The van der Waals surface area contributed by atoms with Gasteiger partial charge in [-0.2, -0.15) is 0 Å². The summed E-state index contributed by atoms with van der Waals surface area (Å²) in [4.78, 5) is 33.1. The summed E-state index contributed by atoms with van der Waals surface area (Å²) in [6.45, 7) is 11.1. The monoisotopic (exact) mass is 770 g/mol. The van der Waals surface area contributed by atoms with E-state index in [-0.39, 0.29) is 18.4 Å². The second-order valence-electron chi connectivity index (χ2n) is 14.5. The molecule has 0 saturated carbocycles. The number of ether oxygens (including phenoxy) is 2. The number of benzene rings is 2. The predicted molar refractivity (Wildman–Crippen MR) is 222 cm³/mol. The van der Waals surface area contributed by atoms with Crippen molar-refractivity contribution < 1.29 is 14.3 Å². The Balaban J connectivity index is 1.24. The predicted octanol–water partition coefficient (Wildman–Crippen LogP) is 11.2. The van der Waals surface area contributed by atoms with Gasteiger partial charge in [0.1, 0.15) is 5.75 Å². The van der Waals surface area contributed by atoms with Crippen molar-refractivity contribution in [3.8, 4) is 5.75 Å². The molecule has 1 aliphatic rings. The van der Waals surface area contributed by atoms with Crippen LogP contribution in [0.1, 0.15) is 117 Å². The lowest BCUT2D eigenvalue weighted by atomic mass is 10.1. The van der Waals surface area contributed by atoms with E-state index < -0.39 is 0 Å². The number of unbranched alkanes of at least 4 members (excludes halogenated alkanes) is 13. The van der Waals surface area contributed by atoms with Crippen LogP contribution in [0.2, 0.25) is 10.0 Å². The molecule has 3 aromatic rings. The first-order chi connectivity index (χ1) is 25.9. The molecule has 0 unspecified atom stereocenters. The number of halogens is 2. The molecule has 1 fully saturated rings. The van der Waals surface area contributed by atoms with Gasteiger partial charge in [0.15, 0.2) is 6.73 Å². The highest BCUT2D eigenvalue weighted by Crippen LogP contribution is 2.33. The summed E-state index contributed by atoms with van der Waals surface area (Å²) in [6.07, 6.45) is 18.4. The van der Waals surface area contributed by atoms with Gasteiger partial charge in [0, 0.05) is 51.4 Å². The average molecular weight is 772 g/mol. The van der Waals surface area contributed by atoms with E-state index in [0.29, 0.717) is 41.0 Å². The van der Waals surface area contributed by atoms with Crippen molar-refractivity contribution >= 4 is 45.9 Å². The van der Waals surface area contributed by atoms with Gasteiger partial charge in [0.2, 0.25) is 0 Å². The molecule has 1 saturated heterocycles. The van der Waals surface area contributed by atoms with E-state index in [0.717, 1.165) is 82.3 Å². The van der Waals surface area contributed by atoms with Crippen LogP contribution >= 0.6 is 23.2 Å². The lowest BCUT2D eigenvalue weighted by Crippen LogP contribution is -2.46. The van der Waals surface area contributed by atoms with Crippen molar-refractivity contribution in [3.63, 3.8) is 0 Å². The minimum Gasteiger partial charge on any atom is -0.494 e. The summed E-state index contributed by atoms with van der Waals surface area (Å²) in [6, 6.07) is 14.9. The Labute approximate surface area is 328 Å². The number of amides is 1. The van der Waals surface area contributed by atoms with Gasteiger partial charge in [-0.15, -0.1) is 0 Å². The van der Waals surface area contributed by atoms with Gasteiger partial charge in [-0.25, -0.2) is 4.79 Å². The number of pyridine rings is 1. The summed E-state index contributed by atoms with van der Waals surface area (Å²) >= 11 is 12.7. The van der Waals surface area contributed by atoms with Gasteiger partial charge in [-0.1, -0.05) is 120 Å². The molecular weight excluding hydrogens is 707 g/mol. The highest BCUT2D eigenvalue weighted by atomic mass is 35.5. The normalized spacial score (nSPS) is 13.5. The number of nitrogens with zero attached hydrogens (tertiary/aromatic N) is 4. The van der Waals surface area contributed by atoms with E-state index in [1.165, 1.54) is 74.8 Å². The molecule has 0 N–H and O–H groups in total. The minimum atomic E-state index is -0.340. The molecule has 0 atom stereocenters. The van der Waals surface area contributed by atoms with Crippen molar-refractivity contribution in [2.75, 3.05) is 57.3 Å². The van der Waals surface area contributed by atoms with Crippen LogP contribution in [-0.4, -0.2) is 72.9 Å². The quantitative estimate of drug-likeness (QED) is 0.0799. The Morgan fingerprint density at radius 2 is 1.36 bits per heavy atom. The zero-order valence-corrected chi connectivity index (χ0v) is 34.0. The highest BCUT2D eigenvalue weighted by molar-refractivity contribution is 6.43. The molecule has 2 aromatic carbocycles. The molecule has 1 amide bonds. The third-order valence-corrected chi connectivity index (χ3v) is 11.2. The van der Waals surface area contributed by atoms with Crippen molar-refractivity contribution in [1.82, 2.24) is 14.4 Å². The van der Waals surface area contributed by atoms with Crippen LogP contribution < -0.4 is 15.2 Å². The number of hydrogen-bond acceptors (Lipinski definition) is 6. The molecule has 0 radical (unpaired) electrons. The highest BCUT2D eigenvalue weighted by Gasteiger charge is 2.20. The molecule has 8 nitrogen and oxygen atoms in total. The molecule has 1 aromatic heterocycles. The van der Waals surface area contributed by atoms with Gasteiger partial charge in [-0.05, 0) is 67.9 Å². The first-order valence-electron chi connectivity index (χ1n) is 20.5. The summed E-state index contributed by atoms with van der Waals surface area (Å²) in [7, 11) is 0. The topological polar surface area (TPSA) is 67.2 Å². The second-order valence-corrected chi connectivity index (χ2v) is 15.3. The summed E-state index contributed by atoms with van der Waals surface area (Å²) in [5, 5.41) is 2.12. The maximum Gasteiger partial charge on any atom is 0.411 e. The fourth-order valence-electron chi connectivity index (χ4n) is 7.09. The van der Waals surface area contributed by atoms with Crippen LogP contribution in [0.15, 0.2) is 53.3 Å². The number of fused-ring (bicyclic) bond motifs is 1. The van der Waals surface area contributed by atoms with E-state index in [2.05, 4.69) is 23.6 Å². The largest absolute Gasteiger partial charge is 0.494 e. The Morgan fingerprint density at radius 1 is 0.736 bits per heavy atom. The Bertz CT molecular complexity index is 1540. The van der Waals surface area contributed by atoms with Crippen molar-refractivity contribution in [3.05, 3.63) is 68.9 Å². The minimum absolute atomic E-state index is 0.125. The second kappa shape index (κ2) is 24.5. The number of anilines is 1. The summed E-state index contributed by atoms with van der Waals surface area (Å²) < 4.78 is 13.5. The van der Waals surface area contributed by atoms with Gasteiger partial charge < -0.3 is 19.3 Å². The fourth-order valence-corrected chi connectivity index (χ4v) is 7.51. The summed E-state index contributed by atoms with van der Waals surface area (Å²) in [5.74, 6) is 0.703. The van der Waals surface area contributed by atoms with Gasteiger partial charge in [-0.3, -0.25) is 14.3 Å². The first-order valence-corrected chi connectivity index (χ1v) is 21.3. The molecule has 1 aliphatic heterocycles. The molecular formula is C43H64Cl2N4O4. The zero-order valence-electron chi connectivity index (χ0n) is 32.5. The van der Waals surface area contributed by atoms with E-state index in [4.69, 9.17) is 32.7 Å². The fraction of sp³-hybridized carbons (Fsp3) is 0.628. The standard InChI is InChI=1S/C43H64Cl2N4O4/c1-3-5-7-9-11-13-15-27-48(28-16-14-12-10-8-6-4-2)43(51)53-35-49-40-34-37(24-22-36(40)23-25-41(49)50)52-33-18-17-26-46-29-31-47(32-30-46)39-21-19-20-38(44)42(39)45/h19-25,34H,3-18,26-33,35H2,1-2H3. The van der Waals surface area contributed by atoms with Crippen LogP contribution in [0.3, 0.4) is 0 Å².